The smallest absolute Gasteiger partial charge is 0.341 e. The minimum Gasteiger partial charge on any atom is -0.503 e. The molecule has 8 heteroatoms. The molecule has 0 amide bonds. The lowest BCUT2D eigenvalue weighted by Crippen LogP contribution is -2.08. The summed E-state index contributed by atoms with van der Waals surface area (Å²) in [5.41, 5.74) is 3.04. The average Bonchev–Trinajstić information content (AvgIpc) is 2.82. The normalized spacial score (nSPS) is 11.2. The van der Waals surface area contributed by atoms with E-state index in [1.54, 1.807) is 13.0 Å². The van der Waals surface area contributed by atoms with Crippen molar-refractivity contribution >= 4 is 23.2 Å². The Morgan fingerprint density at radius 2 is 1.85 bits per heavy atom. The fourth-order valence-corrected chi connectivity index (χ4v) is 2.84. The molecule has 0 aliphatic rings. The van der Waals surface area contributed by atoms with Gasteiger partial charge in [-0.05, 0) is 49.1 Å². The van der Waals surface area contributed by atoms with Gasteiger partial charge in [0.15, 0.2) is 0 Å². The zero-order valence-corrected chi connectivity index (χ0v) is 19.0. The van der Waals surface area contributed by atoms with Gasteiger partial charge in [-0.25, -0.2) is 14.0 Å². The van der Waals surface area contributed by atoms with Gasteiger partial charge in [0.05, 0.1) is 33.2 Å². The summed E-state index contributed by atoms with van der Waals surface area (Å²) < 4.78 is 28.2. The molecule has 2 aromatic carbocycles. The van der Waals surface area contributed by atoms with Crippen molar-refractivity contribution in [1.29, 1.82) is 0 Å². The molecule has 2 aromatic rings. The first-order valence-electron chi connectivity index (χ1n) is 9.79. The predicted molar refractivity (Wildman–Crippen MR) is 121 cm³/mol. The number of benzene rings is 2. The Morgan fingerprint density at radius 1 is 1.09 bits per heavy atom. The van der Waals surface area contributed by atoms with Crippen molar-refractivity contribution < 1.29 is 33.0 Å². The molecular weight excluding hydrogens is 429 g/mol. The summed E-state index contributed by atoms with van der Waals surface area (Å²) in [6.07, 6.45) is 1.31. The van der Waals surface area contributed by atoms with Gasteiger partial charge in [-0.3, -0.25) is 0 Å². The van der Waals surface area contributed by atoms with Crippen LogP contribution in [-0.4, -0.2) is 39.0 Å². The topological polar surface area (TPSA) is 83.4 Å². The largest absolute Gasteiger partial charge is 0.503 e. The van der Waals surface area contributed by atoms with E-state index >= 15 is 0 Å². The number of oxime groups is 1. The molecule has 7 nitrogen and oxygen atoms in total. The molecule has 172 valence electrons. The first-order chi connectivity index (χ1) is 15.8. The molecule has 0 spiro atoms. The Hall–Kier alpha value is -4.12. The van der Waals surface area contributed by atoms with E-state index in [4.69, 9.17) is 14.3 Å². The van der Waals surface area contributed by atoms with Crippen molar-refractivity contribution in [3.8, 4) is 11.8 Å². The molecule has 0 radical (unpaired) electrons. The van der Waals surface area contributed by atoms with Gasteiger partial charge in [-0.2, -0.15) is 0 Å². The van der Waals surface area contributed by atoms with Gasteiger partial charge in [0.2, 0.25) is 0 Å². The molecule has 0 atom stereocenters. The van der Waals surface area contributed by atoms with E-state index in [9.17, 15) is 14.0 Å². The van der Waals surface area contributed by atoms with Gasteiger partial charge in [0.25, 0.3) is 0 Å². The zero-order chi connectivity index (χ0) is 24.4. The molecule has 0 bridgehead atoms. The Kier molecular flexibility index (Phi) is 9.18. The number of ether oxygens (including phenoxy) is 3. The van der Waals surface area contributed by atoms with Crippen LogP contribution in [0.1, 0.15) is 39.5 Å². The second kappa shape index (κ2) is 12.1. The van der Waals surface area contributed by atoms with Crippen molar-refractivity contribution in [2.45, 2.75) is 20.5 Å². The van der Waals surface area contributed by atoms with Gasteiger partial charge in [-0.1, -0.05) is 29.3 Å². The Labute approximate surface area is 191 Å². The van der Waals surface area contributed by atoms with Crippen molar-refractivity contribution in [3.05, 3.63) is 76.3 Å². The lowest BCUT2D eigenvalue weighted by molar-refractivity contribution is -0.133. The van der Waals surface area contributed by atoms with Crippen LogP contribution in [0.2, 0.25) is 0 Å². The Morgan fingerprint density at radius 3 is 2.52 bits per heavy atom. The van der Waals surface area contributed by atoms with Crippen LogP contribution in [0.5, 0.6) is 0 Å². The van der Waals surface area contributed by atoms with Gasteiger partial charge in [-0.15, -0.1) is 0 Å². The third-order valence-corrected chi connectivity index (χ3v) is 4.51. The molecule has 0 saturated heterocycles. The lowest BCUT2D eigenvalue weighted by Gasteiger charge is -2.13. The van der Waals surface area contributed by atoms with Gasteiger partial charge in [0.1, 0.15) is 23.7 Å². The highest BCUT2D eigenvalue weighted by Gasteiger charge is 2.18. The minimum absolute atomic E-state index is 0.0715. The number of carbonyl (C=O) groups excluding carboxylic acids is 2. The maximum absolute atomic E-state index is 13.7. The molecule has 0 aliphatic heterocycles. The van der Waals surface area contributed by atoms with Crippen LogP contribution in [0.25, 0.3) is 5.57 Å². The second-order valence-corrected chi connectivity index (χ2v) is 6.75. The summed E-state index contributed by atoms with van der Waals surface area (Å²) in [4.78, 5) is 29.2. The van der Waals surface area contributed by atoms with Crippen LogP contribution in [0.4, 0.5) is 4.39 Å². The standard InChI is InChI=1S/C25H24FNO6/c1-16-7-6-8-19(22(14-30-3)25(29)32-5)21(16)15-33-27-17(2)9-10-18-11-12-23(26)20(13-18)24(28)31-4/h6-8,11-14H,15H2,1-5H3/b22-14+,27-17+. The summed E-state index contributed by atoms with van der Waals surface area (Å²) in [6.45, 7) is 3.59. The molecule has 0 fully saturated rings. The molecule has 0 N–H and O–H groups in total. The lowest BCUT2D eigenvalue weighted by atomic mass is 9.97. The Balaban J connectivity index is 2.21. The number of hydrogen-bond acceptors (Lipinski definition) is 7. The molecule has 33 heavy (non-hydrogen) atoms. The second-order valence-electron chi connectivity index (χ2n) is 6.75. The van der Waals surface area contributed by atoms with Crippen molar-refractivity contribution in [2.24, 2.45) is 5.16 Å². The number of halogens is 1. The van der Waals surface area contributed by atoms with E-state index in [1.807, 2.05) is 19.1 Å². The SMILES string of the molecule is CO/C=C(/C(=O)OC)c1cccc(C)c1CO/N=C(\C)C#Cc1ccc(F)c(C(=O)OC)c1. The van der Waals surface area contributed by atoms with Crippen molar-refractivity contribution in [1.82, 2.24) is 0 Å². The summed E-state index contributed by atoms with van der Waals surface area (Å²) >= 11 is 0. The third kappa shape index (κ3) is 6.68. The van der Waals surface area contributed by atoms with Gasteiger partial charge >= 0.3 is 11.9 Å². The minimum atomic E-state index is -0.784. The summed E-state index contributed by atoms with van der Waals surface area (Å²) in [7, 11) is 3.91. The van der Waals surface area contributed by atoms with Crippen LogP contribution in [-0.2, 0) is 30.4 Å². The number of hydrogen-bond donors (Lipinski definition) is 0. The van der Waals surface area contributed by atoms with Crippen LogP contribution in [0.3, 0.4) is 0 Å². The Bertz CT molecular complexity index is 1160. The summed E-state index contributed by atoms with van der Waals surface area (Å²) in [6, 6.07) is 9.35. The average molecular weight is 453 g/mol. The molecule has 2 rings (SSSR count). The van der Waals surface area contributed by atoms with Crippen molar-refractivity contribution in [3.63, 3.8) is 0 Å². The van der Waals surface area contributed by atoms with Crippen molar-refractivity contribution in [2.75, 3.05) is 21.3 Å². The number of esters is 2. The van der Waals surface area contributed by atoms with Crippen LogP contribution < -0.4 is 0 Å². The van der Waals surface area contributed by atoms with E-state index in [2.05, 4.69) is 21.7 Å². The van der Waals surface area contributed by atoms with Crippen LogP contribution >= 0.6 is 0 Å². The highest BCUT2D eigenvalue weighted by atomic mass is 19.1. The van der Waals surface area contributed by atoms with Gasteiger partial charge < -0.3 is 19.0 Å². The summed E-state index contributed by atoms with van der Waals surface area (Å²) in [5.74, 6) is 3.56. The van der Waals surface area contributed by atoms with E-state index in [0.29, 0.717) is 16.8 Å². The van der Waals surface area contributed by atoms with Crippen LogP contribution in [0.15, 0.2) is 47.8 Å². The highest BCUT2D eigenvalue weighted by molar-refractivity contribution is 6.16. The monoisotopic (exact) mass is 453 g/mol. The highest BCUT2D eigenvalue weighted by Crippen LogP contribution is 2.24. The number of nitrogens with zero attached hydrogens (tertiary/aromatic N) is 1. The van der Waals surface area contributed by atoms with E-state index in [0.717, 1.165) is 17.2 Å². The number of methoxy groups -OCH3 is 3. The number of carbonyl (C=O) groups is 2. The quantitative estimate of drug-likeness (QED) is 0.157. The number of rotatable bonds is 7. The molecule has 0 unspecified atom stereocenters. The first-order valence-corrected chi connectivity index (χ1v) is 9.79. The summed E-state index contributed by atoms with van der Waals surface area (Å²) in [5, 5.41) is 3.99. The first kappa shape index (κ1) is 25.1. The molecule has 0 aromatic heterocycles. The molecule has 0 saturated carbocycles. The maximum atomic E-state index is 13.7. The molecule has 0 heterocycles. The molecular formula is C25H24FNO6. The predicted octanol–water partition coefficient (Wildman–Crippen LogP) is 4.03. The van der Waals surface area contributed by atoms with Crippen LogP contribution in [0, 0.1) is 24.6 Å². The third-order valence-electron chi connectivity index (χ3n) is 4.51. The number of aryl methyl sites for hydroxylation is 1. The maximum Gasteiger partial charge on any atom is 0.341 e. The van der Waals surface area contributed by atoms with E-state index in [-0.39, 0.29) is 17.7 Å². The van der Waals surface area contributed by atoms with Gasteiger partial charge in [0, 0.05) is 11.1 Å². The van der Waals surface area contributed by atoms with E-state index in [1.165, 1.54) is 39.7 Å². The zero-order valence-electron chi connectivity index (χ0n) is 19.0. The molecule has 0 aliphatic carbocycles. The fourth-order valence-electron chi connectivity index (χ4n) is 2.84. The van der Waals surface area contributed by atoms with E-state index < -0.39 is 17.8 Å². The fraction of sp³-hybridized carbons (Fsp3) is 0.240.